The number of nitrogens with one attached hydrogen (secondary N) is 1. The normalized spacial score (nSPS) is 13.9. The van der Waals surface area contributed by atoms with Gasteiger partial charge in [-0.05, 0) is 37.6 Å². The molecule has 0 fully saturated rings. The molecule has 1 amide bonds. The first kappa shape index (κ1) is 33.7. The number of halogens is 4. The molecule has 0 aliphatic rings. The molecule has 4 aromatic rings. The van der Waals surface area contributed by atoms with Crippen LogP contribution in [0.4, 0.5) is 17.6 Å². The SMILES string of the molecule is CCOC(=O)[C@H](C)NP(=O)(CCN(C)C(=O)c1c2cccnc2c(O)c2c(O)n(Cc3ccc(F)cc3)cc12)OCC(F)(F)F. The fourth-order valence-corrected chi connectivity index (χ4v) is 6.64. The Morgan fingerprint density at radius 1 is 1.16 bits per heavy atom. The molecule has 242 valence electrons. The van der Waals surface area contributed by atoms with Gasteiger partial charge in [0.1, 0.15) is 17.4 Å². The zero-order chi connectivity index (χ0) is 33.1. The number of phenolic OH excluding ortho intramolecular Hbond substituents is 1. The van der Waals surface area contributed by atoms with Crippen LogP contribution in [0, 0.1) is 5.82 Å². The molecule has 0 aliphatic carbocycles. The summed E-state index contributed by atoms with van der Waals surface area (Å²) in [6.45, 7) is 0.578. The van der Waals surface area contributed by atoms with Crippen LogP contribution in [0.5, 0.6) is 11.6 Å². The number of hydrogen-bond acceptors (Lipinski definition) is 8. The average molecular weight is 655 g/mol. The molecule has 0 spiro atoms. The van der Waals surface area contributed by atoms with Gasteiger partial charge in [0.05, 0.1) is 30.3 Å². The number of carbonyl (C=O) groups excluding carboxylic acids is 2. The lowest BCUT2D eigenvalue weighted by molar-refractivity contribution is -0.153. The lowest BCUT2D eigenvalue weighted by atomic mass is 10.00. The summed E-state index contributed by atoms with van der Waals surface area (Å²) >= 11 is 0. The van der Waals surface area contributed by atoms with Crippen LogP contribution in [0.3, 0.4) is 0 Å². The second-order valence-electron chi connectivity index (χ2n) is 10.2. The van der Waals surface area contributed by atoms with Gasteiger partial charge in [-0.2, -0.15) is 13.2 Å². The molecule has 0 saturated carbocycles. The van der Waals surface area contributed by atoms with E-state index in [0.717, 1.165) is 4.90 Å². The maximum Gasteiger partial charge on any atom is 0.412 e. The zero-order valence-corrected chi connectivity index (χ0v) is 25.4. The molecule has 1 unspecified atom stereocenters. The summed E-state index contributed by atoms with van der Waals surface area (Å²) in [4.78, 5) is 31.3. The number of esters is 1. The number of fused-ring (bicyclic) bond motifs is 2. The van der Waals surface area contributed by atoms with Crippen LogP contribution in [-0.2, 0) is 25.2 Å². The number of nitrogens with zero attached hydrogens (tertiary/aromatic N) is 3. The topological polar surface area (TPSA) is 143 Å². The third-order valence-electron chi connectivity index (χ3n) is 6.88. The predicted octanol–water partition coefficient (Wildman–Crippen LogP) is 5.17. The largest absolute Gasteiger partial charge is 0.505 e. The molecule has 3 N–H and O–H groups in total. The van der Waals surface area contributed by atoms with E-state index in [-0.39, 0.29) is 46.9 Å². The second-order valence-corrected chi connectivity index (χ2v) is 12.5. The van der Waals surface area contributed by atoms with E-state index in [0.29, 0.717) is 5.56 Å². The summed E-state index contributed by atoms with van der Waals surface area (Å²) < 4.78 is 76.7. The van der Waals surface area contributed by atoms with Crippen molar-refractivity contribution in [3.63, 3.8) is 0 Å². The van der Waals surface area contributed by atoms with Crippen molar-refractivity contribution in [2.75, 3.05) is 33.0 Å². The number of hydrogen-bond donors (Lipinski definition) is 3. The molecule has 11 nitrogen and oxygen atoms in total. The average Bonchev–Trinajstić information content (AvgIpc) is 3.31. The summed E-state index contributed by atoms with van der Waals surface area (Å²) in [6, 6.07) is 7.28. The fraction of sp³-hybridized carbons (Fsp3) is 0.345. The van der Waals surface area contributed by atoms with Crippen molar-refractivity contribution in [2.45, 2.75) is 32.6 Å². The van der Waals surface area contributed by atoms with Crippen molar-refractivity contribution < 1.29 is 51.2 Å². The first-order valence-corrected chi connectivity index (χ1v) is 15.5. The molecule has 0 radical (unpaired) electrons. The molecule has 45 heavy (non-hydrogen) atoms. The molecular weight excluding hydrogens is 623 g/mol. The van der Waals surface area contributed by atoms with Gasteiger partial charge in [0.25, 0.3) is 13.4 Å². The van der Waals surface area contributed by atoms with Gasteiger partial charge in [-0.1, -0.05) is 18.2 Å². The molecule has 2 aromatic carbocycles. The van der Waals surface area contributed by atoms with Gasteiger partial charge >= 0.3 is 12.1 Å². The molecule has 2 aromatic heterocycles. The Hall–Kier alpha value is -4.20. The van der Waals surface area contributed by atoms with Crippen molar-refractivity contribution in [1.82, 2.24) is 19.5 Å². The Morgan fingerprint density at radius 3 is 2.49 bits per heavy atom. The minimum Gasteiger partial charge on any atom is -0.505 e. The van der Waals surface area contributed by atoms with Crippen molar-refractivity contribution >= 4 is 41.1 Å². The summed E-state index contributed by atoms with van der Waals surface area (Å²) in [7, 11) is -3.05. The van der Waals surface area contributed by atoms with Crippen molar-refractivity contribution in [3.8, 4) is 11.6 Å². The fourth-order valence-electron chi connectivity index (χ4n) is 4.70. The summed E-state index contributed by atoms with van der Waals surface area (Å²) in [5.41, 5.74) is 0.611. The Balaban J connectivity index is 1.69. The highest BCUT2D eigenvalue weighted by molar-refractivity contribution is 7.57. The molecule has 16 heteroatoms. The van der Waals surface area contributed by atoms with E-state index in [1.807, 2.05) is 0 Å². The van der Waals surface area contributed by atoms with Gasteiger partial charge in [0, 0.05) is 36.8 Å². The Bertz CT molecular complexity index is 1760. The Morgan fingerprint density at radius 2 is 1.84 bits per heavy atom. The van der Waals surface area contributed by atoms with E-state index >= 15 is 0 Å². The molecule has 0 aliphatic heterocycles. The smallest absolute Gasteiger partial charge is 0.412 e. The van der Waals surface area contributed by atoms with E-state index in [4.69, 9.17) is 9.26 Å². The van der Waals surface area contributed by atoms with Gasteiger partial charge in [0.2, 0.25) is 5.88 Å². The number of phenols is 1. The van der Waals surface area contributed by atoms with Crippen LogP contribution in [-0.4, -0.2) is 81.7 Å². The number of aromatic hydroxyl groups is 2. The number of alkyl halides is 3. The second kappa shape index (κ2) is 13.4. The van der Waals surface area contributed by atoms with Crippen LogP contribution in [0.2, 0.25) is 0 Å². The van der Waals surface area contributed by atoms with Gasteiger partial charge in [-0.3, -0.25) is 19.1 Å². The lowest BCUT2D eigenvalue weighted by Crippen LogP contribution is -2.37. The number of carbonyl (C=O) groups is 2. The van der Waals surface area contributed by atoms with Gasteiger partial charge in [-0.15, -0.1) is 0 Å². The number of ether oxygens (including phenoxy) is 1. The predicted molar refractivity (Wildman–Crippen MR) is 157 cm³/mol. The molecule has 0 bridgehead atoms. The highest BCUT2D eigenvalue weighted by atomic mass is 31.2. The monoisotopic (exact) mass is 654 g/mol. The number of pyridine rings is 1. The number of aromatic nitrogens is 2. The van der Waals surface area contributed by atoms with E-state index in [2.05, 4.69) is 10.1 Å². The highest BCUT2D eigenvalue weighted by Crippen LogP contribution is 2.45. The first-order chi connectivity index (χ1) is 21.1. The number of benzene rings is 2. The number of amides is 1. The minimum atomic E-state index is -4.82. The third-order valence-corrected chi connectivity index (χ3v) is 9.00. The third kappa shape index (κ3) is 7.72. The maximum absolute atomic E-state index is 13.9. The molecular formula is C29H31F4N4O7P. The van der Waals surface area contributed by atoms with Gasteiger partial charge in [-0.25, -0.2) is 9.48 Å². The molecule has 4 rings (SSSR count). The van der Waals surface area contributed by atoms with Gasteiger partial charge in [0.15, 0.2) is 12.4 Å². The Kier molecular flexibility index (Phi) is 10.1. The van der Waals surface area contributed by atoms with E-state index in [9.17, 15) is 41.9 Å². The van der Waals surface area contributed by atoms with Gasteiger partial charge < -0.3 is 28.9 Å². The lowest BCUT2D eigenvalue weighted by Gasteiger charge is -2.26. The highest BCUT2D eigenvalue weighted by Gasteiger charge is 2.36. The van der Waals surface area contributed by atoms with Crippen molar-refractivity contribution in [3.05, 3.63) is 65.7 Å². The van der Waals surface area contributed by atoms with Crippen LogP contribution >= 0.6 is 7.52 Å². The zero-order valence-electron chi connectivity index (χ0n) is 24.5. The first-order valence-electron chi connectivity index (χ1n) is 13.7. The molecule has 2 atom stereocenters. The van der Waals surface area contributed by atoms with E-state index in [1.54, 1.807) is 0 Å². The standard InChI is InChI=1S/C29H31F4N4O7P/c1-4-43-28(41)17(2)35-45(42,44-16-29(31,32)33)13-12-36(3)26(39)22-20-6-5-11-34-24(20)25(38)23-21(22)15-37(27(23)40)14-18-7-9-19(30)10-8-18/h5-11,15,17,38,40H,4,12-14,16H2,1-3H3,(H,35,42)/t17-,45?/m0/s1. The quantitative estimate of drug-likeness (QED) is 0.107. The molecule has 0 saturated heterocycles. The summed E-state index contributed by atoms with van der Waals surface area (Å²) in [6.07, 6.45) is -2.62. The maximum atomic E-state index is 13.9. The van der Waals surface area contributed by atoms with Crippen molar-refractivity contribution in [1.29, 1.82) is 0 Å². The van der Waals surface area contributed by atoms with E-state index in [1.165, 1.54) is 74.3 Å². The summed E-state index contributed by atoms with van der Waals surface area (Å²) in [5, 5.41) is 24.7. The van der Waals surface area contributed by atoms with E-state index < -0.39 is 61.8 Å². The Labute approximate surface area is 254 Å². The summed E-state index contributed by atoms with van der Waals surface area (Å²) in [5.74, 6) is -2.79. The van der Waals surface area contributed by atoms with Crippen LogP contribution in [0.25, 0.3) is 21.7 Å². The van der Waals surface area contributed by atoms with Crippen LogP contribution in [0.15, 0.2) is 48.8 Å². The molecule has 2 heterocycles. The van der Waals surface area contributed by atoms with Crippen LogP contribution in [0.1, 0.15) is 29.8 Å². The van der Waals surface area contributed by atoms with Crippen molar-refractivity contribution in [2.24, 2.45) is 0 Å². The number of rotatable bonds is 12. The van der Waals surface area contributed by atoms with Crippen LogP contribution < -0.4 is 5.09 Å². The minimum absolute atomic E-state index is 0.000416.